The van der Waals surface area contributed by atoms with Crippen LogP contribution < -0.4 is 16.0 Å². The third kappa shape index (κ3) is 4.66. The van der Waals surface area contributed by atoms with Gasteiger partial charge in [-0.05, 0) is 76.4 Å². The quantitative estimate of drug-likeness (QED) is 0.271. The highest BCUT2D eigenvalue weighted by Crippen LogP contribution is 2.45. The number of primary amides is 1. The molecule has 1 aliphatic heterocycles. The number of halogens is 2. The molecule has 4 aromatic carbocycles. The molecule has 0 spiro atoms. The molecule has 1 saturated heterocycles. The molecule has 0 bridgehead atoms. The van der Waals surface area contributed by atoms with E-state index in [0.29, 0.717) is 5.56 Å². The number of fused-ring (bicyclic) bond motifs is 2. The van der Waals surface area contributed by atoms with Crippen LogP contribution in [0.15, 0.2) is 54.6 Å². The number of hydrogen-bond acceptors (Lipinski definition) is 3. The number of nitrogens with one attached hydrogen (secondary N) is 1. The molecule has 36 heavy (non-hydrogen) atoms. The van der Waals surface area contributed by atoms with Gasteiger partial charge in [0.15, 0.2) is 0 Å². The smallest absolute Gasteiger partial charge is 0.251 e. The van der Waals surface area contributed by atoms with Crippen LogP contribution in [-0.4, -0.2) is 32.1 Å². The predicted molar refractivity (Wildman–Crippen MR) is 156 cm³/mol. The Morgan fingerprint density at radius 2 is 1.69 bits per heavy atom. The van der Waals surface area contributed by atoms with Crippen LogP contribution in [-0.2, 0) is 6.42 Å². The van der Waals surface area contributed by atoms with Crippen molar-refractivity contribution < 1.29 is 4.79 Å². The maximum Gasteiger partial charge on any atom is 0.251 e. The average molecular weight is 523 g/mol. The molecule has 6 heteroatoms. The molecular weight excluding hydrogens is 489 g/mol. The van der Waals surface area contributed by atoms with Crippen molar-refractivity contribution in [3.05, 3.63) is 76.3 Å². The Hall–Kier alpha value is -2.79. The molecule has 0 aliphatic carbocycles. The second-order valence-electron chi connectivity index (χ2n) is 9.44. The number of amides is 1. The van der Waals surface area contributed by atoms with E-state index in [9.17, 15) is 4.79 Å². The minimum Gasteiger partial charge on any atom is -0.368 e. The molecule has 1 aliphatic rings. The second-order valence-corrected chi connectivity index (χ2v) is 9.85. The van der Waals surface area contributed by atoms with Crippen molar-refractivity contribution in [2.75, 3.05) is 31.1 Å². The van der Waals surface area contributed by atoms with Gasteiger partial charge in [0.2, 0.25) is 0 Å². The average Bonchev–Trinajstić information content (AvgIpc) is 2.87. The number of piperazine rings is 1. The third-order valence-corrected chi connectivity index (χ3v) is 7.66. The number of hydrogen-bond donors (Lipinski definition) is 2. The fourth-order valence-corrected chi connectivity index (χ4v) is 5.65. The highest BCUT2D eigenvalue weighted by atomic mass is 35.5. The summed E-state index contributed by atoms with van der Waals surface area (Å²) in [6.45, 7) is 7.68. The van der Waals surface area contributed by atoms with Gasteiger partial charge in [0.25, 0.3) is 5.91 Å². The SMILES string of the molecule is CCCCc1c(C(N)=O)c(N2CCNCC2)c2cc3ccccc3cc2c1-c1cccc(Cl)c1C.Cl. The molecule has 1 amide bonds. The summed E-state index contributed by atoms with van der Waals surface area (Å²) in [6, 6.07) is 19.0. The van der Waals surface area contributed by atoms with Gasteiger partial charge in [-0.3, -0.25) is 4.79 Å². The number of benzene rings is 4. The number of carbonyl (C=O) groups is 1. The van der Waals surface area contributed by atoms with Gasteiger partial charge in [0, 0.05) is 36.6 Å². The molecular formula is C30H33Cl2N3O. The number of nitrogens with zero attached hydrogens (tertiary/aromatic N) is 1. The summed E-state index contributed by atoms with van der Waals surface area (Å²) >= 11 is 6.62. The lowest BCUT2D eigenvalue weighted by molar-refractivity contribution is 0.1000. The van der Waals surface area contributed by atoms with E-state index in [2.05, 4.69) is 66.5 Å². The first kappa shape index (κ1) is 26.3. The number of rotatable bonds is 6. The van der Waals surface area contributed by atoms with E-state index in [1.54, 1.807) is 0 Å². The normalized spacial score (nSPS) is 13.7. The highest BCUT2D eigenvalue weighted by molar-refractivity contribution is 6.32. The Kier molecular flexibility index (Phi) is 8.09. The number of carbonyl (C=O) groups excluding carboxylic acids is 1. The van der Waals surface area contributed by atoms with Crippen molar-refractivity contribution in [2.24, 2.45) is 5.73 Å². The largest absolute Gasteiger partial charge is 0.368 e. The van der Waals surface area contributed by atoms with Gasteiger partial charge in [-0.15, -0.1) is 12.4 Å². The molecule has 0 saturated carbocycles. The molecule has 1 heterocycles. The second kappa shape index (κ2) is 11.1. The fraction of sp³-hybridized carbons (Fsp3) is 0.300. The Bertz CT molecular complexity index is 1430. The molecule has 4 aromatic rings. The van der Waals surface area contributed by atoms with Crippen molar-refractivity contribution in [3.63, 3.8) is 0 Å². The van der Waals surface area contributed by atoms with Crippen molar-refractivity contribution in [2.45, 2.75) is 33.1 Å². The van der Waals surface area contributed by atoms with E-state index in [4.69, 9.17) is 17.3 Å². The number of unbranched alkanes of at least 4 members (excludes halogenated alkanes) is 1. The van der Waals surface area contributed by atoms with E-state index in [1.807, 2.05) is 12.1 Å². The van der Waals surface area contributed by atoms with Crippen LogP contribution in [0.1, 0.15) is 41.3 Å². The maximum atomic E-state index is 13.2. The first-order valence-corrected chi connectivity index (χ1v) is 12.9. The summed E-state index contributed by atoms with van der Waals surface area (Å²) in [5.41, 5.74) is 12.1. The lowest BCUT2D eigenvalue weighted by Gasteiger charge is -2.34. The van der Waals surface area contributed by atoms with Crippen LogP contribution in [0, 0.1) is 6.92 Å². The lowest BCUT2D eigenvalue weighted by atomic mass is 9.83. The summed E-state index contributed by atoms with van der Waals surface area (Å²) < 4.78 is 0. The zero-order valence-electron chi connectivity index (χ0n) is 20.9. The Labute approximate surface area is 224 Å². The van der Waals surface area contributed by atoms with Crippen LogP contribution in [0.4, 0.5) is 5.69 Å². The van der Waals surface area contributed by atoms with Crippen LogP contribution in [0.5, 0.6) is 0 Å². The summed E-state index contributed by atoms with van der Waals surface area (Å²) in [6.07, 6.45) is 2.80. The summed E-state index contributed by atoms with van der Waals surface area (Å²) in [5, 5.41) is 8.73. The van der Waals surface area contributed by atoms with Gasteiger partial charge in [0.1, 0.15) is 0 Å². The van der Waals surface area contributed by atoms with Crippen molar-refractivity contribution in [1.29, 1.82) is 0 Å². The monoisotopic (exact) mass is 521 g/mol. The number of anilines is 1. The molecule has 1 fully saturated rings. The van der Waals surface area contributed by atoms with Gasteiger partial charge < -0.3 is 16.0 Å². The van der Waals surface area contributed by atoms with Crippen LogP contribution in [0.2, 0.25) is 5.02 Å². The molecule has 0 atom stereocenters. The zero-order chi connectivity index (χ0) is 24.5. The fourth-order valence-electron chi connectivity index (χ4n) is 5.48. The van der Waals surface area contributed by atoms with Gasteiger partial charge in [-0.2, -0.15) is 0 Å². The van der Waals surface area contributed by atoms with E-state index >= 15 is 0 Å². The molecule has 188 valence electrons. The zero-order valence-corrected chi connectivity index (χ0v) is 22.4. The van der Waals surface area contributed by atoms with Crippen molar-refractivity contribution in [1.82, 2.24) is 5.32 Å². The van der Waals surface area contributed by atoms with Crippen LogP contribution >= 0.6 is 24.0 Å². The maximum absolute atomic E-state index is 13.2. The minimum absolute atomic E-state index is 0. The lowest BCUT2D eigenvalue weighted by Crippen LogP contribution is -2.44. The molecule has 3 N–H and O–H groups in total. The van der Waals surface area contributed by atoms with Crippen LogP contribution in [0.3, 0.4) is 0 Å². The van der Waals surface area contributed by atoms with Gasteiger partial charge in [0.05, 0.1) is 11.3 Å². The van der Waals surface area contributed by atoms with Crippen LogP contribution in [0.25, 0.3) is 32.7 Å². The van der Waals surface area contributed by atoms with Gasteiger partial charge >= 0.3 is 0 Å². The predicted octanol–water partition coefficient (Wildman–Crippen LogP) is 6.89. The minimum atomic E-state index is -0.361. The Morgan fingerprint density at radius 1 is 1.03 bits per heavy atom. The third-order valence-electron chi connectivity index (χ3n) is 7.25. The molecule has 0 radical (unpaired) electrons. The first-order chi connectivity index (χ1) is 17.0. The first-order valence-electron chi connectivity index (χ1n) is 12.5. The highest BCUT2D eigenvalue weighted by Gasteiger charge is 2.28. The van der Waals surface area contributed by atoms with Gasteiger partial charge in [-0.1, -0.05) is 61.3 Å². The van der Waals surface area contributed by atoms with Crippen molar-refractivity contribution >= 4 is 57.1 Å². The van der Waals surface area contributed by atoms with E-state index in [1.165, 1.54) is 5.39 Å². The van der Waals surface area contributed by atoms with E-state index in [0.717, 1.165) is 94.6 Å². The Morgan fingerprint density at radius 3 is 2.33 bits per heavy atom. The van der Waals surface area contributed by atoms with E-state index < -0.39 is 0 Å². The number of nitrogens with two attached hydrogens (primary N) is 1. The summed E-state index contributed by atoms with van der Waals surface area (Å²) in [7, 11) is 0. The molecule has 5 rings (SSSR count). The topological polar surface area (TPSA) is 58.4 Å². The Balaban J connectivity index is 0.00000304. The standard InChI is InChI=1S/C30H32ClN3O.ClH/c1-3-4-10-23-27(22-11-7-12-26(31)19(22)2)24-17-20-8-5-6-9-21(20)18-25(24)29(28(23)30(32)35)34-15-13-33-14-16-34;/h5-9,11-12,17-18,33H,3-4,10,13-16H2,1-2H3,(H2,32,35);1H. The van der Waals surface area contributed by atoms with E-state index in [-0.39, 0.29) is 18.3 Å². The molecule has 0 unspecified atom stereocenters. The van der Waals surface area contributed by atoms with Crippen molar-refractivity contribution in [3.8, 4) is 11.1 Å². The molecule has 4 nitrogen and oxygen atoms in total. The summed E-state index contributed by atoms with van der Waals surface area (Å²) in [4.78, 5) is 15.6. The summed E-state index contributed by atoms with van der Waals surface area (Å²) in [5.74, 6) is -0.361. The van der Waals surface area contributed by atoms with Gasteiger partial charge in [-0.25, -0.2) is 0 Å². The molecule has 0 aromatic heterocycles.